The molecule has 0 saturated heterocycles. The predicted molar refractivity (Wildman–Crippen MR) is 68.7 cm³/mol. The first-order valence-electron chi connectivity index (χ1n) is 5.29. The summed E-state index contributed by atoms with van der Waals surface area (Å²) in [6.07, 6.45) is 3.30. The topological polar surface area (TPSA) is 46.2 Å². The van der Waals surface area contributed by atoms with Gasteiger partial charge >= 0.3 is 0 Å². The summed E-state index contributed by atoms with van der Waals surface area (Å²) in [6.45, 7) is 0. The normalized spacial score (nSPS) is 10.3. The molecule has 0 aromatic heterocycles. The monoisotopic (exact) mass is 254 g/mol. The molecule has 0 amide bonds. The lowest BCUT2D eigenvalue weighted by molar-refractivity contribution is 0.305. The highest BCUT2D eigenvalue weighted by molar-refractivity contribution is 5.70. The summed E-state index contributed by atoms with van der Waals surface area (Å²) in [7, 11) is 7.79. The predicted octanol–water partition coefficient (Wildman–Crippen LogP) is 2.34. The number of benzene rings is 1. The molecule has 100 valence electrons. The number of methoxy groups -OCH3 is 5. The van der Waals surface area contributed by atoms with Crippen LogP contribution in [0.5, 0.6) is 23.0 Å². The number of hydrogen-bond donors (Lipinski definition) is 0. The molecule has 0 atom stereocenters. The molecule has 18 heavy (non-hydrogen) atoms. The molecule has 0 saturated carbocycles. The highest BCUT2D eigenvalue weighted by Crippen LogP contribution is 2.46. The average molecular weight is 254 g/mol. The largest absolute Gasteiger partial charge is 0.504 e. The van der Waals surface area contributed by atoms with E-state index in [4.69, 9.17) is 23.7 Å². The second-order valence-corrected chi connectivity index (χ2v) is 3.31. The summed E-state index contributed by atoms with van der Waals surface area (Å²) in [5.41, 5.74) is 0.772. The smallest absolute Gasteiger partial charge is 0.207 e. The maximum Gasteiger partial charge on any atom is 0.207 e. The third-order valence-corrected chi connectivity index (χ3v) is 2.40. The van der Waals surface area contributed by atoms with E-state index in [1.807, 2.05) is 0 Å². The van der Waals surface area contributed by atoms with E-state index in [-0.39, 0.29) is 0 Å². The van der Waals surface area contributed by atoms with Crippen LogP contribution in [-0.4, -0.2) is 35.5 Å². The van der Waals surface area contributed by atoms with Crippen molar-refractivity contribution in [1.82, 2.24) is 0 Å². The molecule has 0 N–H and O–H groups in total. The zero-order valence-electron chi connectivity index (χ0n) is 11.3. The van der Waals surface area contributed by atoms with Gasteiger partial charge in [-0.2, -0.15) is 0 Å². The van der Waals surface area contributed by atoms with Crippen molar-refractivity contribution in [1.29, 1.82) is 0 Å². The van der Waals surface area contributed by atoms with Crippen LogP contribution in [0.1, 0.15) is 5.56 Å². The Hall–Kier alpha value is -2.04. The molecule has 0 heterocycles. The molecule has 0 spiro atoms. The average Bonchev–Trinajstić information content (AvgIpc) is 2.42. The van der Waals surface area contributed by atoms with E-state index in [0.717, 1.165) is 5.56 Å². The van der Waals surface area contributed by atoms with Gasteiger partial charge in [0.05, 0.1) is 41.8 Å². The highest BCUT2D eigenvalue weighted by Gasteiger charge is 2.20. The van der Waals surface area contributed by atoms with Crippen molar-refractivity contribution < 1.29 is 23.7 Å². The van der Waals surface area contributed by atoms with E-state index in [2.05, 4.69) is 0 Å². The second-order valence-electron chi connectivity index (χ2n) is 3.31. The first kappa shape index (κ1) is 14.0. The minimum atomic E-state index is 0.482. The molecular formula is C13H18O5. The van der Waals surface area contributed by atoms with E-state index in [1.165, 1.54) is 0 Å². The molecule has 0 aliphatic rings. The number of hydrogen-bond acceptors (Lipinski definition) is 5. The zero-order valence-corrected chi connectivity index (χ0v) is 11.3. The van der Waals surface area contributed by atoms with Crippen LogP contribution in [-0.2, 0) is 4.74 Å². The van der Waals surface area contributed by atoms with Crippen LogP contribution in [0.2, 0.25) is 0 Å². The lowest BCUT2D eigenvalue weighted by Crippen LogP contribution is -1.99. The fraction of sp³-hybridized carbons (Fsp3) is 0.385. The van der Waals surface area contributed by atoms with Crippen LogP contribution in [0, 0.1) is 0 Å². The first-order valence-corrected chi connectivity index (χ1v) is 5.29. The molecule has 5 nitrogen and oxygen atoms in total. The van der Waals surface area contributed by atoms with Crippen molar-refractivity contribution in [3.05, 3.63) is 17.9 Å². The molecule has 0 fully saturated rings. The van der Waals surface area contributed by atoms with E-state index in [0.29, 0.717) is 23.0 Å². The fourth-order valence-electron chi connectivity index (χ4n) is 1.62. The van der Waals surface area contributed by atoms with Crippen LogP contribution < -0.4 is 18.9 Å². The van der Waals surface area contributed by atoms with Gasteiger partial charge in [0.2, 0.25) is 11.5 Å². The lowest BCUT2D eigenvalue weighted by atomic mass is 10.1. The van der Waals surface area contributed by atoms with Crippen LogP contribution in [0.25, 0.3) is 6.08 Å². The van der Waals surface area contributed by atoms with Crippen molar-refractivity contribution in [2.45, 2.75) is 0 Å². The Balaban J connectivity index is 3.47. The standard InChI is InChI=1S/C13H18O5/c1-14-7-6-9-8-10(15-2)12(17-4)13(18-5)11(9)16-3/h6-8H,1-5H3. The van der Waals surface area contributed by atoms with Gasteiger partial charge in [0.1, 0.15) is 0 Å². The lowest BCUT2D eigenvalue weighted by Gasteiger charge is -2.17. The summed E-state index contributed by atoms with van der Waals surface area (Å²) < 4.78 is 26.1. The second kappa shape index (κ2) is 6.64. The van der Waals surface area contributed by atoms with Gasteiger partial charge in [0, 0.05) is 5.56 Å². The maximum atomic E-state index is 5.34. The van der Waals surface area contributed by atoms with E-state index >= 15 is 0 Å². The van der Waals surface area contributed by atoms with E-state index < -0.39 is 0 Å². The van der Waals surface area contributed by atoms with Crippen molar-refractivity contribution >= 4 is 6.08 Å². The minimum Gasteiger partial charge on any atom is -0.504 e. The van der Waals surface area contributed by atoms with Gasteiger partial charge in [0.15, 0.2) is 11.5 Å². The SMILES string of the molecule is COC=Cc1cc(OC)c(OC)c(OC)c1OC. The Kier molecular flexibility index (Phi) is 5.17. The molecule has 0 radical (unpaired) electrons. The Morgan fingerprint density at radius 3 is 1.83 bits per heavy atom. The van der Waals surface area contributed by atoms with Gasteiger partial charge < -0.3 is 23.7 Å². The summed E-state index contributed by atoms with van der Waals surface area (Å²) >= 11 is 0. The molecule has 0 aliphatic heterocycles. The van der Waals surface area contributed by atoms with Crippen LogP contribution >= 0.6 is 0 Å². The van der Waals surface area contributed by atoms with E-state index in [1.54, 1.807) is 54.0 Å². The van der Waals surface area contributed by atoms with E-state index in [9.17, 15) is 0 Å². The van der Waals surface area contributed by atoms with Crippen molar-refractivity contribution in [2.75, 3.05) is 35.5 Å². The Bertz CT molecular complexity index is 426. The number of rotatable bonds is 6. The van der Waals surface area contributed by atoms with Crippen LogP contribution in [0.15, 0.2) is 12.3 Å². The van der Waals surface area contributed by atoms with Crippen LogP contribution in [0.3, 0.4) is 0 Å². The third kappa shape index (κ3) is 2.61. The summed E-state index contributed by atoms with van der Waals surface area (Å²) in [5.74, 6) is 2.09. The molecule has 0 bridgehead atoms. The van der Waals surface area contributed by atoms with Gasteiger partial charge in [-0.15, -0.1) is 0 Å². The van der Waals surface area contributed by atoms with Crippen molar-refractivity contribution in [3.63, 3.8) is 0 Å². The first-order chi connectivity index (χ1) is 8.73. The number of ether oxygens (including phenoxy) is 5. The Labute approximate surface area is 107 Å². The Morgan fingerprint density at radius 2 is 1.39 bits per heavy atom. The summed E-state index contributed by atoms with van der Waals surface area (Å²) in [6, 6.07) is 1.79. The van der Waals surface area contributed by atoms with Crippen molar-refractivity contribution in [3.8, 4) is 23.0 Å². The molecule has 1 rings (SSSR count). The van der Waals surface area contributed by atoms with Gasteiger partial charge in [0.25, 0.3) is 0 Å². The van der Waals surface area contributed by atoms with Gasteiger partial charge in [-0.1, -0.05) is 0 Å². The molecule has 1 aromatic rings. The quantitative estimate of drug-likeness (QED) is 0.729. The maximum absolute atomic E-state index is 5.34. The van der Waals surface area contributed by atoms with Crippen molar-refractivity contribution in [2.24, 2.45) is 0 Å². The third-order valence-electron chi connectivity index (χ3n) is 2.40. The highest BCUT2D eigenvalue weighted by atomic mass is 16.5. The molecular weight excluding hydrogens is 236 g/mol. The fourth-order valence-corrected chi connectivity index (χ4v) is 1.62. The molecule has 0 unspecified atom stereocenters. The van der Waals surface area contributed by atoms with Crippen LogP contribution in [0.4, 0.5) is 0 Å². The van der Waals surface area contributed by atoms with Gasteiger partial charge in [-0.05, 0) is 12.1 Å². The summed E-state index contributed by atoms with van der Waals surface area (Å²) in [4.78, 5) is 0. The van der Waals surface area contributed by atoms with Gasteiger partial charge in [-0.3, -0.25) is 0 Å². The minimum absolute atomic E-state index is 0.482. The summed E-state index contributed by atoms with van der Waals surface area (Å²) in [5, 5.41) is 0. The Morgan fingerprint density at radius 1 is 0.778 bits per heavy atom. The molecule has 1 aromatic carbocycles. The zero-order chi connectivity index (χ0) is 13.5. The molecule has 0 aliphatic carbocycles. The molecule has 5 heteroatoms. The van der Waals surface area contributed by atoms with Gasteiger partial charge in [-0.25, -0.2) is 0 Å².